The molecule has 0 saturated heterocycles. The van der Waals surface area contributed by atoms with Gasteiger partial charge < -0.3 is 14.8 Å². The molecule has 0 heterocycles. The van der Waals surface area contributed by atoms with E-state index in [9.17, 15) is 0 Å². The fourth-order valence-electron chi connectivity index (χ4n) is 3.20. The molecule has 0 amide bonds. The molecule has 0 aromatic heterocycles. The summed E-state index contributed by atoms with van der Waals surface area (Å²) >= 11 is 0. The SMILES string of the molecule is CCOC(CNC1c2ccccc2CCC1(C)C)OCC. The molecule has 3 nitrogen and oxygen atoms in total. The van der Waals surface area contributed by atoms with Crippen LogP contribution in [0.2, 0.25) is 0 Å². The van der Waals surface area contributed by atoms with Gasteiger partial charge in [0.2, 0.25) is 0 Å². The van der Waals surface area contributed by atoms with Crippen LogP contribution in [0.4, 0.5) is 0 Å². The van der Waals surface area contributed by atoms with E-state index in [0.717, 1.165) is 6.54 Å². The minimum Gasteiger partial charge on any atom is -0.352 e. The minimum absolute atomic E-state index is 0.162. The first-order valence-corrected chi connectivity index (χ1v) is 8.13. The molecule has 0 bridgehead atoms. The van der Waals surface area contributed by atoms with Crippen LogP contribution in [0.3, 0.4) is 0 Å². The van der Waals surface area contributed by atoms with Gasteiger partial charge in [0.1, 0.15) is 0 Å². The van der Waals surface area contributed by atoms with E-state index < -0.39 is 0 Å². The molecule has 1 atom stereocenters. The third-order valence-corrected chi connectivity index (χ3v) is 4.38. The molecule has 118 valence electrons. The normalized spacial score (nSPS) is 20.5. The van der Waals surface area contributed by atoms with Gasteiger partial charge in [0.25, 0.3) is 0 Å². The van der Waals surface area contributed by atoms with Gasteiger partial charge in [-0.1, -0.05) is 38.1 Å². The molecular weight excluding hydrogens is 262 g/mol. The van der Waals surface area contributed by atoms with Crippen molar-refractivity contribution >= 4 is 0 Å². The molecular formula is C18H29NO2. The third kappa shape index (κ3) is 4.06. The second-order valence-corrected chi connectivity index (χ2v) is 6.37. The number of hydrogen-bond donors (Lipinski definition) is 1. The summed E-state index contributed by atoms with van der Waals surface area (Å²) in [5.41, 5.74) is 3.15. The maximum Gasteiger partial charge on any atom is 0.169 e. The number of ether oxygens (including phenoxy) is 2. The zero-order chi connectivity index (χ0) is 15.3. The Kier molecular flexibility index (Phi) is 5.80. The van der Waals surface area contributed by atoms with Gasteiger partial charge in [0, 0.05) is 25.8 Å². The Morgan fingerprint density at radius 1 is 1.19 bits per heavy atom. The van der Waals surface area contributed by atoms with E-state index in [-0.39, 0.29) is 11.7 Å². The Labute approximate surface area is 129 Å². The van der Waals surface area contributed by atoms with Crippen molar-refractivity contribution in [2.45, 2.75) is 52.9 Å². The summed E-state index contributed by atoms with van der Waals surface area (Å²) in [4.78, 5) is 0. The van der Waals surface area contributed by atoms with Crippen LogP contribution in [0.15, 0.2) is 24.3 Å². The van der Waals surface area contributed by atoms with Crippen LogP contribution in [0.1, 0.15) is 51.3 Å². The molecule has 0 spiro atoms. The first-order valence-electron chi connectivity index (χ1n) is 8.13. The number of rotatable bonds is 7. The molecule has 1 aromatic carbocycles. The van der Waals surface area contributed by atoms with Crippen LogP contribution in [0.5, 0.6) is 0 Å². The van der Waals surface area contributed by atoms with Crippen LogP contribution in [0, 0.1) is 5.41 Å². The Bertz CT molecular complexity index is 439. The molecule has 0 aliphatic heterocycles. The lowest BCUT2D eigenvalue weighted by Gasteiger charge is -2.41. The first kappa shape index (κ1) is 16.5. The van der Waals surface area contributed by atoms with Crippen molar-refractivity contribution in [2.75, 3.05) is 19.8 Å². The van der Waals surface area contributed by atoms with Gasteiger partial charge in [0.15, 0.2) is 6.29 Å². The highest BCUT2D eigenvalue weighted by Crippen LogP contribution is 2.43. The van der Waals surface area contributed by atoms with Crippen LogP contribution >= 0.6 is 0 Å². The summed E-state index contributed by atoms with van der Waals surface area (Å²) in [6.45, 7) is 10.8. The second kappa shape index (κ2) is 7.39. The lowest BCUT2D eigenvalue weighted by atomic mass is 9.70. The number of nitrogens with one attached hydrogen (secondary N) is 1. The Morgan fingerprint density at radius 3 is 2.52 bits per heavy atom. The molecule has 1 unspecified atom stereocenters. The van der Waals surface area contributed by atoms with Crippen LogP contribution in [0.25, 0.3) is 0 Å². The van der Waals surface area contributed by atoms with E-state index in [1.54, 1.807) is 0 Å². The van der Waals surface area contributed by atoms with Crippen molar-refractivity contribution in [3.8, 4) is 0 Å². The summed E-state index contributed by atoms with van der Waals surface area (Å²) in [6.07, 6.45) is 2.21. The zero-order valence-electron chi connectivity index (χ0n) is 13.8. The topological polar surface area (TPSA) is 30.5 Å². The Hall–Kier alpha value is -0.900. The van der Waals surface area contributed by atoms with Crippen LogP contribution < -0.4 is 5.32 Å². The standard InChI is InChI=1S/C18H29NO2/c1-5-20-16(21-6-2)13-19-17-15-10-8-7-9-14(15)11-12-18(17,3)4/h7-10,16-17,19H,5-6,11-13H2,1-4H3. The molecule has 1 aliphatic rings. The second-order valence-electron chi connectivity index (χ2n) is 6.37. The summed E-state index contributed by atoms with van der Waals surface area (Å²) < 4.78 is 11.3. The number of fused-ring (bicyclic) bond motifs is 1. The van der Waals surface area contributed by atoms with Crippen molar-refractivity contribution in [1.29, 1.82) is 0 Å². The van der Waals surface area contributed by atoms with E-state index in [2.05, 4.69) is 43.4 Å². The van der Waals surface area contributed by atoms with E-state index >= 15 is 0 Å². The quantitative estimate of drug-likeness (QED) is 0.777. The maximum atomic E-state index is 5.64. The molecule has 21 heavy (non-hydrogen) atoms. The van der Waals surface area contributed by atoms with Crippen molar-refractivity contribution < 1.29 is 9.47 Å². The van der Waals surface area contributed by atoms with Gasteiger partial charge in [-0.15, -0.1) is 0 Å². The van der Waals surface area contributed by atoms with Crippen LogP contribution in [-0.2, 0) is 15.9 Å². The molecule has 1 aromatic rings. The Morgan fingerprint density at radius 2 is 1.86 bits per heavy atom. The third-order valence-electron chi connectivity index (χ3n) is 4.38. The summed E-state index contributed by atoms with van der Waals surface area (Å²) in [7, 11) is 0. The van der Waals surface area contributed by atoms with Gasteiger partial charge >= 0.3 is 0 Å². The summed E-state index contributed by atoms with van der Waals surface area (Å²) in [5.74, 6) is 0. The van der Waals surface area contributed by atoms with Crippen molar-refractivity contribution in [2.24, 2.45) is 5.41 Å². The highest BCUT2D eigenvalue weighted by atomic mass is 16.7. The molecule has 0 radical (unpaired) electrons. The van der Waals surface area contributed by atoms with E-state index in [1.165, 1.54) is 24.0 Å². The number of hydrogen-bond acceptors (Lipinski definition) is 3. The molecule has 0 fully saturated rings. The molecule has 1 aliphatic carbocycles. The summed E-state index contributed by atoms with van der Waals surface area (Å²) in [5, 5.41) is 3.69. The number of benzene rings is 1. The monoisotopic (exact) mass is 291 g/mol. The van der Waals surface area contributed by atoms with Crippen LogP contribution in [-0.4, -0.2) is 26.0 Å². The van der Waals surface area contributed by atoms with E-state index in [0.29, 0.717) is 19.3 Å². The lowest BCUT2D eigenvalue weighted by molar-refractivity contribution is -0.135. The van der Waals surface area contributed by atoms with Gasteiger partial charge in [-0.05, 0) is 43.2 Å². The molecule has 2 rings (SSSR count). The fraction of sp³-hybridized carbons (Fsp3) is 0.667. The predicted octanol–water partition coefficient (Wildman–Crippen LogP) is 3.69. The van der Waals surface area contributed by atoms with Gasteiger partial charge in [-0.3, -0.25) is 0 Å². The van der Waals surface area contributed by atoms with Crippen molar-refractivity contribution in [1.82, 2.24) is 5.32 Å². The van der Waals surface area contributed by atoms with Crippen molar-refractivity contribution in [3.05, 3.63) is 35.4 Å². The first-order chi connectivity index (χ1) is 10.1. The van der Waals surface area contributed by atoms with Gasteiger partial charge in [-0.25, -0.2) is 0 Å². The highest BCUT2D eigenvalue weighted by molar-refractivity contribution is 5.34. The molecule has 0 saturated carbocycles. The average molecular weight is 291 g/mol. The fourth-order valence-corrected chi connectivity index (χ4v) is 3.20. The van der Waals surface area contributed by atoms with Gasteiger partial charge in [-0.2, -0.15) is 0 Å². The van der Waals surface area contributed by atoms with Gasteiger partial charge in [0.05, 0.1) is 0 Å². The smallest absolute Gasteiger partial charge is 0.169 e. The lowest BCUT2D eigenvalue weighted by Crippen LogP contribution is -2.42. The zero-order valence-corrected chi connectivity index (χ0v) is 13.8. The van der Waals surface area contributed by atoms with Crippen molar-refractivity contribution in [3.63, 3.8) is 0 Å². The average Bonchev–Trinajstić information content (AvgIpc) is 2.46. The Balaban J connectivity index is 2.09. The van der Waals surface area contributed by atoms with E-state index in [1.807, 2.05) is 13.8 Å². The van der Waals surface area contributed by atoms with E-state index in [4.69, 9.17) is 9.47 Å². The largest absolute Gasteiger partial charge is 0.352 e. The summed E-state index contributed by atoms with van der Waals surface area (Å²) in [6, 6.07) is 9.13. The predicted molar refractivity (Wildman–Crippen MR) is 86.3 cm³/mol. The minimum atomic E-state index is -0.162. The molecule has 1 N–H and O–H groups in total. The number of aryl methyl sites for hydroxylation is 1. The molecule has 3 heteroatoms. The maximum absolute atomic E-state index is 5.64. The highest BCUT2D eigenvalue weighted by Gasteiger charge is 2.35.